The number of hydrogen-bond acceptors (Lipinski definition) is 5. The van der Waals surface area contributed by atoms with Crippen molar-refractivity contribution in [2.24, 2.45) is 0 Å². The van der Waals surface area contributed by atoms with Gasteiger partial charge in [-0.15, -0.1) is 0 Å². The highest BCUT2D eigenvalue weighted by atomic mass is 16.5. The van der Waals surface area contributed by atoms with Gasteiger partial charge in [-0.25, -0.2) is 9.59 Å². The van der Waals surface area contributed by atoms with Gasteiger partial charge in [0, 0.05) is 11.8 Å². The SMILES string of the molecule is CCCc1ccc(-c2ccc(C(=O)Oc3ccc(C(=O)OC)cc3)cc2)nc1. The Bertz CT molecular complexity index is 945. The van der Waals surface area contributed by atoms with Gasteiger partial charge < -0.3 is 9.47 Å². The average molecular weight is 375 g/mol. The Balaban J connectivity index is 1.67. The lowest BCUT2D eigenvalue weighted by Gasteiger charge is -2.07. The van der Waals surface area contributed by atoms with Crippen LogP contribution in [0.3, 0.4) is 0 Å². The van der Waals surface area contributed by atoms with Gasteiger partial charge in [0.2, 0.25) is 0 Å². The molecule has 0 aliphatic carbocycles. The number of rotatable bonds is 6. The van der Waals surface area contributed by atoms with Crippen LogP contribution in [0.4, 0.5) is 0 Å². The molecule has 0 bridgehead atoms. The van der Waals surface area contributed by atoms with Gasteiger partial charge in [-0.2, -0.15) is 0 Å². The van der Waals surface area contributed by atoms with Crippen molar-refractivity contribution in [3.8, 4) is 17.0 Å². The Hall–Kier alpha value is -3.47. The van der Waals surface area contributed by atoms with Crippen molar-refractivity contribution in [2.45, 2.75) is 19.8 Å². The number of esters is 2. The highest BCUT2D eigenvalue weighted by molar-refractivity contribution is 5.92. The molecule has 0 amide bonds. The van der Waals surface area contributed by atoms with Gasteiger partial charge >= 0.3 is 11.9 Å². The van der Waals surface area contributed by atoms with Crippen LogP contribution in [0.15, 0.2) is 66.9 Å². The van der Waals surface area contributed by atoms with Crippen LogP contribution in [0.25, 0.3) is 11.3 Å². The van der Waals surface area contributed by atoms with Crippen LogP contribution in [0.1, 0.15) is 39.6 Å². The van der Waals surface area contributed by atoms with Crippen molar-refractivity contribution in [3.63, 3.8) is 0 Å². The smallest absolute Gasteiger partial charge is 0.343 e. The molecule has 0 aliphatic heterocycles. The van der Waals surface area contributed by atoms with E-state index in [0.29, 0.717) is 16.9 Å². The van der Waals surface area contributed by atoms with Gasteiger partial charge in [-0.05, 0) is 54.4 Å². The fourth-order valence-corrected chi connectivity index (χ4v) is 2.75. The molecule has 3 rings (SSSR count). The molecule has 1 aromatic heterocycles. The Labute approximate surface area is 164 Å². The minimum absolute atomic E-state index is 0.356. The van der Waals surface area contributed by atoms with Crippen molar-refractivity contribution < 1.29 is 19.1 Å². The van der Waals surface area contributed by atoms with E-state index in [1.54, 1.807) is 36.4 Å². The number of pyridine rings is 1. The van der Waals surface area contributed by atoms with E-state index in [1.165, 1.54) is 12.7 Å². The molecule has 0 aliphatic rings. The number of carbonyl (C=O) groups is 2. The maximum Gasteiger partial charge on any atom is 0.343 e. The molecule has 5 heteroatoms. The lowest BCUT2D eigenvalue weighted by molar-refractivity contribution is 0.0600. The van der Waals surface area contributed by atoms with Crippen LogP contribution >= 0.6 is 0 Å². The lowest BCUT2D eigenvalue weighted by Crippen LogP contribution is -2.08. The molecule has 0 radical (unpaired) electrons. The van der Waals surface area contributed by atoms with Crippen LogP contribution in [-0.4, -0.2) is 24.0 Å². The second-order valence-corrected chi connectivity index (χ2v) is 6.28. The molecular weight excluding hydrogens is 354 g/mol. The number of methoxy groups -OCH3 is 1. The molecule has 0 unspecified atom stereocenters. The monoisotopic (exact) mass is 375 g/mol. The summed E-state index contributed by atoms with van der Waals surface area (Å²) in [5.41, 5.74) is 3.83. The molecule has 142 valence electrons. The predicted molar refractivity (Wildman–Crippen MR) is 106 cm³/mol. The third kappa shape index (κ3) is 4.62. The number of nitrogens with zero attached hydrogens (tertiary/aromatic N) is 1. The zero-order valence-corrected chi connectivity index (χ0v) is 15.8. The minimum Gasteiger partial charge on any atom is -0.465 e. The molecule has 3 aromatic rings. The third-order valence-corrected chi connectivity index (χ3v) is 4.27. The summed E-state index contributed by atoms with van der Waals surface area (Å²) in [6.07, 6.45) is 3.99. The first-order valence-electron chi connectivity index (χ1n) is 9.06. The number of aryl methyl sites for hydroxylation is 1. The Morgan fingerprint density at radius 2 is 1.50 bits per heavy atom. The predicted octanol–water partition coefficient (Wildman–Crippen LogP) is 4.71. The summed E-state index contributed by atoms with van der Waals surface area (Å²) in [7, 11) is 1.31. The van der Waals surface area contributed by atoms with Gasteiger partial charge in [0.15, 0.2) is 0 Å². The van der Waals surface area contributed by atoms with Gasteiger partial charge in [-0.1, -0.05) is 31.5 Å². The second kappa shape index (κ2) is 8.95. The first-order chi connectivity index (χ1) is 13.6. The summed E-state index contributed by atoms with van der Waals surface area (Å²) in [4.78, 5) is 28.2. The van der Waals surface area contributed by atoms with Gasteiger partial charge in [0.05, 0.1) is 23.9 Å². The summed E-state index contributed by atoms with van der Waals surface area (Å²) in [6.45, 7) is 2.14. The van der Waals surface area contributed by atoms with E-state index in [9.17, 15) is 9.59 Å². The first-order valence-corrected chi connectivity index (χ1v) is 9.06. The topological polar surface area (TPSA) is 65.5 Å². The normalized spacial score (nSPS) is 10.4. The van der Waals surface area contributed by atoms with E-state index in [1.807, 2.05) is 24.4 Å². The zero-order valence-electron chi connectivity index (χ0n) is 15.8. The number of hydrogen-bond donors (Lipinski definition) is 0. The van der Waals surface area contributed by atoms with Crippen LogP contribution in [-0.2, 0) is 11.2 Å². The molecule has 0 spiro atoms. The molecule has 0 fully saturated rings. The van der Waals surface area contributed by atoms with Crippen molar-refractivity contribution in [1.82, 2.24) is 4.98 Å². The zero-order chi connectivity index (χ0) is 19.9. The van der Waals surface area contributed by atoms with Crippen molar-refractivity contribution in [3.05, 3.63) is 83.6 Å². The van der Waals surface area contributed by atoms with Crippen LogP contribution < -0.4 is 4.74 Å². The highest BCUT2D eigenvalue weighted by Crippen LogP contribution is 2.20. The maximum absolute atomic E-state index is 12.3. The van der Waals surface area contributed by atoms with Gasteiger partial charge in [-0.3, -0.25) is 4.98 Å². The Morgan fingerprint density at radius 1 is 0.857 bits per heavy atom. The highest BCUT2D eigenvalue weighted by Gasteiger charge is 2.11. The molecule has 28 heavy (non-hydrogen) atoms. The van der Waals surface area contributed by atoms with E-state index in [0.717, 1.165) is 24.1 Å². The molecule has 0 N–H and O–H groups in total. The van der Waals surface area contributed by atoms with Crippen molar-refractivity contribution in [2.75, 3.05) is 7.11 Å². The first kappa shape index (κ1) is 19.3. The number of ether oxygens (including phenoxy) is 2. The summed E-state index contributed by atoms with van der Waals surface area (Å²) in [5.74, 6) is -0.552. The molecule has 0 saturated carbocycles. The fourth-order valence-electron chi connectivity index (χ4n) is 2.75. The summed E-state index contributed by atoms with van der Waals surface area (Å²) >= 11 is 0. The van der Waals surface area contributed by atoms with E-state index >= 15 is 0 Å². The fraction of sp³-hybridized carbons (Fsp3) is 0.174. The largest absolute Gasteiger partial charge is 0.465 e. The lowest BCUT2D eigenvalue weighted by atomic mass is 10.1. The number of benzene rings is 2. The van der Waals surface area contributed by atoms with E-state index in [-0.39, 0.29) is 0 Å². The summed E-state index contributed by atoms with van der Waals surface area (Å²) in [6, 6.07) is 17.4. The van der Waals surface area contributed by atoms with Crippen molar-refractivity contribution in [1.29, 1.82) is 0 Å². The average Bonchev–Trinajstić information content (AvgIpc) is 2.74. The molecule has 5 nitrogen and oxygen atoms in total. The standard InChI is InChI=1S/C23H21NO4/c1-3-4-16-5-14-21(24-15-16)17-6-8-19(9-7-17)23(26)28-20-12-10-18(11-13-20)22(25)27-2/h5-15H,3-4H2,1-2H3. The molecule has 2 aromatic carbocycles. The van der Waals surface area contributed by atoms with Gasteiger partial charge in [0.25, 0.3) is 0 Å². The third-order valence-electron chi connectivity index (χ3n) is 4.27. The molecule has 0 atom stereocenters. The molecule has 1 heterocycles. The van der Waals surface area contributed by atoms with E-state index < -0.39 is 11.9 Å². The minimum atomic E-state index is -0.469. The van der Waals surface area contributed by atoms with Crippen molar-refractivity contribution >= 4 is 11.9 Å². The Morgan fingerprint density at radius 3 is 2.07 bits per heavy atom. The second-order valence-electron chi connectivity index (χ2n) is 6.28. The van der Waals surface area contributed by atoms with Crippen LogP contribution in [0.5, 0.6) is 5.75 Å². The molecule has 0 saturated heterocycles. The Kier molecular flexibility index (Phi) is 6.17. The quantitative estimate of drug-likeness (QED) is 0.461. The summed E-state index contributed by atoms with van der Waals surface area (Å²) < 4.78 is 9.99. The van der Waals surface area contributed by atoms with E-state index in [2.05, 4.69) is 22.7 Å². The number of aromatic nitrogens is 1. The van der Waals surface area contributed by atoms with Crippen LogP contribution in [0.2, 0.25) is 0 Å². The maximum atomic E-state index is 12.3. The van der Waals surface area contributed by atoms with Gasteiger partial charge in [0.1, 0.15) is 5.75 Å². The molecular formula is C23H21NO4. The number of carbonyl (C=O) groups excluding carboxylic acids is 2. The van der Waals surface area contributed by atoms with Crippen LogP contribution in [0, 0.1) is 0 Å². The van der Waals surface area contributed by atoms with E-state index in [4.69, 9.17) is 4.74 Å². The summed E-state index contributed by atoms with van der Waals surface area (Å²) in [5, 5.41) is 0.